The Morgan fingerprint density at radius 1 is 0.889 bits per heavy atom. The highest BCUT2D eigenvalue weighted by Crippen LogP contribution is 2.34. The molecule has 1 fully saturated rings. The number of nitrogens with zero attached hydrogens (tertiary/aromatic N) is 3. The average molecular weight is 494 g/mol. The van der Waals surface area contributed by atoms with Crippen LogP contribution >= 0.6 is 11.8 Å². The highest BCUT2D eigenvalue weighted by atomic mass is 32.2. The van der Waals surface area contributed by atoms with Crippen molar-refractivity contribution in [2.24, 2.45) is 10.2 Å². The molecule has 36 heavy (non-hydrogen) atoms. The summed E-state index contributed by atoms with van der Waals surface area (Å²) in [6.45, 7) is 0.278. The molecule has 6 nitrogen and oxygen atoms in total. The van der Waals surface area contributed by atoms with Crippen molar-refractivity contribution < 1.29 is 13.9 Å². The van der Waals surface area contributed by atoms with Gasteiger partial charge in [-0.1, -0.05) is 54.6 Å². The van der Waals surface area contributed by atoms with E-state index in [2.05, 4.69) is 34.5 Å². The maximum Gasteiger partial charge on any atom is 0.267 e. The van der Waals surface area contributed by atoms with Crippen LogP contribution in [0.3, 0.4) is 0 Å². The quantitative estimate of drug-likeness (QED) is 0.168. The van der Waals surface area contributed by atoms with Crippen molar-refractivity contribution in [3.8, 4) is 16.9 Å². The van der Waals surface area contributed by atoms with Crippen LogP contribution in [0.15, 0.2) is 117 Å². The van der Waals surface area contributed by atoms with E-state index >= 15 is 0 Å². The van der Waals surface area contributed by atoms with Crippen LogP contribution in [0.25, 0.3) is 17.2 Å². The predicted molar refractivity (Wildman–Crippen MR) is 145 cm³/mol. The van der Waals surface area contributed by atoms with Gasteiger partial charge in [-0.25, -0.2) is 0 Å². The highest BCUT2D eigenvalue weighted by Gasteiger charge is 2.34. The van der Waals surface area contributed by atoms with Crippen LogP contribution in [-0.2, 0) is 11.3 Å². The van der Waals surface area contributed by atoms with Gasteiger partial charge in [0.05, 0.1) is 31.0 Å². The van der Waals surface area contributed by atoms with Gasteiger partial charge in [0.15, 0.2) is 5.17 Å². The van der Waals surface area contributed by atoms with Gasteiger partial charge in [-0.3, -0.25) is 9.69 Å². The minimum absolute atomic E-state index is 0.137. The lowest BCUT2D eigenvalue weighted by Crippen LogP contribution is -2.28. The van der Waals surface area contributed by atoms with Crippen molar-refractivity contribution in [2.45, 2.75) is 6.54 Å². The second-order valence-electron chi connectivity index (χ2n) is 7.97. The number of amides is 1. The number of rotatable bonds is 7. The Morgan fingerprint density at radius 3 is 2.31 bits per heavy atom. The SMILES string of the molecule is COc1ccc(C=NN=C2SC(=Cc3ccc(-c4ccccc4)cc3)C(=O)N2Cc2ccco2)cc1. The fraction of sp³-hybridized carbons (Fsp3) is 0.0690. The first kappa shape index (κ1) is 23.4. The van der Waals surface area contributed by atoms with Crippen molar-refractivity contribution >= 4 is 35.1 Å². The van der Waals surface area contributed by atoms with E-state index < -0.39 is 0 Å². The molecule has 2 heterocycles. The molecule has 1 amide bonds. The Balaban J connectivity index is 1.38. The molecule has 0 bridgehead atoms. The molecule has 5 rings (SSSR count). The summed E-state index contributed by atoms with van der Waals surface area (Å²) in [6.07, 6.45) is 5.12. The zero-order valence-electron chi connectivity index (χ0n) is 19.6. The van der Waals surface area contributed by atoms with Crippen molar-refractivity contribution in [1.29, 1.82) is 0 Å². The first-order valence-electron chi connectivity index (χ1n) is 11.3. The summed E-state index contributed by atoms with van der Waals surface area (Å²) in [6, 6.07) is 29.4. The van der Waals surface area contributed by atoms with Crippen molar-refractivity contribution in [3.63, 3.8) is 0 Å². The van der Waals surface area contributed by atoms with Crippen LogP contribution in [-0.4, -0.2) is 29.3 Å². The monoisotopic (exact) mass is 493 g/mol. The van der Waals surface area contributed by atoms with E-state index in [0.29, 0.717) is 15.8 Å². The van der Waals surface area contributed by atoms with E-state index in [1.54, 1.807) is 30.6 Å². The van der Waals surface area contributed by atoms with E-state index in [9.17, 15) is 4.79 Å². The van der Waals surface area contributed by atoms with E-state index in [0.717, 1.165) is 28.0 Å². The summed E-state index contributed by atoms with van der Waals surface area (Å²) in [7, 11) is 1.62. The minimum atomic E-state index is -0.137. The molecule has 4 aromatic rings. The molecule has 3 aromatic carbocycles. The third-order valence-electron chi connectivity index (χ3n) is 5.56. The molecule has 0 N–H and O–H groups in total. The van der Waals surface area contributed by atoms with Crippen LogP contribution in [0.5, 0.6) is 5.75 Å². The van der Waals surface area contributed by atoms with Gasteiger partial charge >= 0.3 is 0 Å². The van der Waals surface area contributed by atoms with Crippen LogP contribution < -0.4 is 4.74 Å². The second-order valence-corrected chi connectivity index (χ2v) is 8.98. The summed E-state index contributed by atoms with van der Waals surface area (Å²) in [5.74, 6) is 1.30. The number of methoxy groups -OCH3 is 1. The Kier molecular flexibility index (Phi) is 7.10. The van der Waals surface area contributed by atoms with Crippen LogP contribution in [0, 0.1) is 0 Å². The number of hydrogen-bond donors (Lipinski definition) is 0. The molecule has 0 radical (unpaired) electrons. The first-order valence-corrected chi connectivity index (χ1v) is 12.2. The number of thioether (sulfide) groups is 1. The zero-order chi connectivity index (χ0) is 24.7. The summed E-state index contributed by atoms with van der Waals surface area (Å²) >= 11 is 1.30. The predicted octanol–water partition coefficient (Wildman–Crippen LogP) is 6.46. The van der Waals surface area contributed by atoms with E-state index in [1.807, 2.05) is 66.7 Å². The van der Waals surface area contributed by atoms with Crippen LogP contribution in [0.4, 0.5) is 0 Å². The molecule has 0 unspecified atom stereocenters. The fourth-order valence-electron chi connectivity index (χ4n) is 3.67. The number of benzene rings is 3. The molecule has 178 valence electrons. The second kappa shape index (κ2) is 10.9. The van der Waals surface area contributed by atoms with Crippen molar-refractivity contribution in [3.05, 3.63) is 119 Å². The van der Waals surface area contributed by atoms with E-state index in [-0.39, 0.29) is 12.5 Å². The minimum Gasteiger partial charge on any atom is -0.497 e. The van der Waals surface area contributed by atoms with Crippen molar-refractivity contribution in [2.75, 3.05) is 7.11 Å². The van der Waals surface area contributed by atoms with Gasteiger partial charge < -0.3 is 9.15 Å². The third kappa shape index (κ3) is 5.47. The number of ether oxygens (including phenoxy) is 1. The number of amidine groups is 1. The maximum atomic E-state index is 13.3. The summed E-state index contributed by atoms with van der Waals surface area (Å²) in [5.41, 5.74) is 4.09. The lowest BCUT2D eigenvalue weighted by atomic mass is 10.0. The summed E-state index contributed by atoms with van der Waals surface area (Å²) in [4.78, 5) is 15.4. The molecular formula is C29H23N3O3S. The molecule has 0 saturated carbocycles. The normalized spacial score (nSPS) is 15.9. The van der Waals surface area contributed by atoms with E-state index in [4.69, 9.17) is 9.15 Å². The smallest absolute Gasteiger partial charge is 0.267 e. The van der Waals surface area contributed by atoms with Gasteiger partial charge in [0.25, 0.3) is 5.91 Å². The Hall–Kier alpha value is -4.36. The third-order valence-corrected chi connectivity index (χ3v) is 6.56. The molecule has 1 saturated heterocycles. The standard InChI is InChI=1S/C29H23N3O3S/c1-34-25-15-11-22(12-16-25)19-30-31-29-32(20-26-8-5-17-35-26)28(33)27(36-29)18-21-9-13-24(14-10-21)23-6-3-2-4-7-23/h2-19H,20H2,1H3. The van der Waals surface area contributed by atoms with Gasteiger partial charge in [0.2, 0.25) is 0 Å². The summed E-state index contributed by atoms with van der Waals surface area (Å²) < 4.78 is 10.7. The van der Waals surface area contributed by atoms with Gasteiger partial charge in [0.1, 0.15) is 11.5 Å². The zero-order valence-corrected chi connectivity index (χ0v) is 20.4. The summed E-state index contributed by atoms with van der Waals surface area (Å²) in [5, 5.41) is 9.08. The van der Waals surface area contributed by atoms with Gasteiger partial charge in [-0.05, 0) is 76.5 Å². The molecule has 1 aliphatic heterocycles. The molecule has 7 heteroatoms. The van der Waals surface area contributed by atoms with E-state index in [1.165, 1.54) is 11.8 Å². The van der Waals surface area contributed by atoms with Crippen LogP contribution in [0.1, 0.15) is 16.9 Å². The molecular weight excluding hydrogens is 470 g/mol. The fourth-order valence-corrected chi connectivity index (χ4v) is 4.60. The number of furan rings is 1. The molecule has 0 spiro atoms. The lowest BCUT2D eigenvalue weighted by Gasteiger charge is -2.12. The Labute approximate surface area is 213 Å². The largest absolute Gasteiger partial charge is 0.497 e. The molecule has 1 aliphatic rings. The number of hydrogen-bond acceptors (Lipinski definition) is 6. The van der Waals surface area contributed by atoms with Crippen molar-refractivity contribution in [1.82, 2.24) is 4.90 Å². The van der Waals surface area contributed by atoms with Crippen LogP contribution in [0.2, 0.25) is 0 Å². The van der Waals surface area contributed by atoms with Gasteiger partial charge in [-0.2, -0.15) is 5.10 Å². The molecule has 1 aromatic heterocycles. The first-order chi connectivity index (χ1) is 17.7. The Bertz CT molecular complexity index is 1410. The number of carbonyl (C=O) groups excluding carboxylic acids is 1. The number of carbonyl (C=O) groups is 1. The maximum absolute atomic E-state index is 13.3. The average Bonchev–Trinajstić information content (AvgIpc) is 3.54. The Morgan fingerprint density at radius 2 is 1.61 bits per heavy atom. The lowest BCUT2D eigenvalue weighted by molar-refractivity contribution is -0.122. The highest BCUT2D eigenvalue weighted by molar-refractivity contribution is 8.18. The molecule has 0 aliphatic carbocycles. The van der Waals surface area contributed by atoms with Gasteiger partial charge in [-0.15, -0.1) is 5.10 Å². The van der Waals surface area contributed by atoms with Gasteiger partial charge in [0, 0.05) is 0 Å². The topological polar surface area (TPSA) is 67.4 Å². The molecule has 0 atom stereocenters.